The smallest absolute Gasteiger partial charge is 0.327 e. The molecule has 1 rings (SSSR count). The van der Waals surface area contributed by atoms with Gasteiger partial charge in [-0.3, -0.25) is 5.32 Å². The van der Waals surface area contributed by atoms with Crippen LogP contribution in [0, 0.1) is 6.92 Å². The molecule has 0 radical (unpaired) electrons. The molecule has 0 fully saturated rings. The Morgan fingerprint density at radius 2 is 2.17 bits per heavy atom. The first-order chi connectivity index (χ1) is 8.49. The number of esters is 1. The lowest BCUT2D eigenvalue weighted by Crippen LogP contribution is -2.35. The van der Waals surface area contributed by atoms with Gasteiger partial charge < -0.3 is 4.74 Å². The molecule has 3 nitrogen and oxygen atoms in total. The zero-order valence-corrected chi connectivity index (χ0v) is 12.9. The highest BCUT2D eigenvalue weighted by Crippen LogP contribution is 2.23. The number of ether oxygens (including phenoxy) is 1. The van der Waals surface area contributed by atoms with Crippen LogP contribution in [0.5, 0.6) is 0 Å². The predicted molar refractivity (Wildman–Crippen MR) is 76.5 cm³/mol. The van der Waals surface area contributed by atoms with Crippen LogP contribution in [0.1, 0.15) is 37.4 Å². The Morgan fingerprint density at radius 1 is 1.50 bits per heavy atom. The van der Waals surface area contributed by atoms with Crippen LogP contribution in [0.2, 0.25) is 0 Å². The minimum atomic E-state index is -0.415. The van der Waals surface area contributed by atoms with E-state index >= 15 is 0 Å². The third-order valence-electron chi connectivity index (χ3n) is 3.03. The Balaban J connectivity index is 3.01. The second kappa shape index (κ2) is 6.90. The number of benzene rings is 1. The Labute approximate surface area is 117 Å². The van der Waals surface area contributed by atoms with E-state index < -0.39 is 6.04 Å². The van der Waals surface area contributed by atoms with E-state index in [1.165, 1.54) is 7.11 Å². The average molecular weight is 314 g/mol. The van der Waals surface area contributed by atoms with Crippen molar-refractivity contribution in [2.45, 2.75) is 39.3 Å². The van der Waals surface area contributed by atoms with Crippen LogP contribution < -0.4 is 5.32 Å². The normalized spacial score (nSPS) is 14.1. The van der Waals surface area contributed by atoms with Crippen LogP contribution >= 0.6 is 15.9 Å². The first-order valence-electron chi connectivity index (χ1n) is 6.09. The van der Waals surface area contributed by atoms with Crippen molar-refractivity contribution >= 4 is 21.9 Å². The predicted octanol–water partition coefficient (Wildman–Crippen LogP) is 3.36. The fourth-order valence-corrected chi connectivity index (χ4v) is 2.01. The number of carbonyl (C=O) groups excluding carboxylic acids is 1. The molecule has 0 spiro atoms. The van der Waals surface area contributed by atoms with Crippen molar-refractivity contribution < 1.29 is 9.53 Å². The lowest BCUT2D eigenvalue weighted by atomic mass is 10.0. The summed E-state index contributed by atoms with van der Waals surface area (Å²) < 4.78 is 5.87. The summed E-state index contributed by atoms with van der Waals surface area (Å²) >= 11 is 3.49. The number of methoxy groups -OCH3 is 1. The Hall–Kier alpha value is -0.870. The minimum absolute atomic E-state index is 0.258. The lowest BCUT2D eigenvalue weighted by molar-refractivity contribution is -0.143. The molecule has 0 saturated carbocycles. The summed E-state index contributed by atoms with van der Waals surface area (Å²) in [6.45, 7) is 6.15. The van der Waals surface area contributed by atoms with Crippen LogP contribution in [0.3, 0.4) is 0 Å². The molecule has 100 valence electrons. The van der Waals surface area contributed by atoms with Gasteiger partial charge in [-0.1, -0.05) is 35.0 Å². The van der Waals surface area contributed by atoms with E-state index in [0.717, 1.165) is 22.0 Å². The second-order valence-corrected chi connectivity index (χ2v) is 5.30. The van der Waals surface area contributed by atoms with Gasteiger partial charge in [0.05, 0.1) is 7.11 Å². The van der Waals surface area contributed by atoms with Crippen LogP contribution in [0.4, 0.5) is 0 Å². The number of hydrogen-bond acceptors (Lipinski definition) is 3. The highest BCUT2D eigenvalue weighted by atomic mass is 79.9. The van der Waals surface area contributed by atoms with E-state index in [9.17, 15) is 4.79 Å². The van der Waals surface area contributed by atoms with Gasteiger partial charge in [0, 0.05) is 10.5 Å². The van der Waals surface area contributed by atoms with Crippen LogP contribution in [0.15, 0.2) is 22.7 Å². The molecule has 4 heteroatoms. The van der Waals surface area contributed by atoms with E-state index in [1.807, 2.05) is 25.1 Å². The van der Waals surface area contributed by atoms with Crippen LogP contribution in [-0.4, -0.2) is 19.1 Å². The highest BCUT2D eigenvalue weighted by Gasteiger charge is 2.22. The van der Waals surface area contributed by atoms with Gasteiger partial charge in [0.1, 0.15) is 6.04 Å². The van der Waals surface area contributed by atoms with Crippen molar-refractivity contribution in [1.29, 1.82) is 0 Å². The zero-order valence-electron chi connectivity index (χ0n) is 11.3. The molecule has 0 aliphatic heterocycles. The van der Waals surface area contributed by atoms with Gasteiger partial charge in [0.15, 0.2) is 0 Å². The van der Waals surface area contributed by atoms with E-state index in [0.29, 0.717) is 0 Å². The van der Waals surface area contributed by atoms with Crippen molar-refractivity contribution in [3.05, 3.63) is 33.8 Å². The van der Waals surface area contributed by atoms with Gasteiger partial charge in [-0.25, -0.2) is 4.79 Å². The Morgan fingerprint density at radius 3 is 2.67 bits per heavy atom. The summed E-state index contributed by atoms with van der Waals surface area (Å²) in [4.78, 5) is 11.9. The van der Waals surface area contributed by atoms with Crippen molar-refractivity contribution in [3.63, 3.8) is 0 Å². The number of hydrogen-bond donors (Lipinski definition) is 1. The summed E-state index contributed by atoms with van der Waals surface area (Å²) in [5, 5.41) is 3.28. The monoisotopic (exact) mass is 313 g/mol. The third kappa shape index (κ3) is 3.82. The van der Waals surface area contributed by atoms with Crippen molar-refractivity contribution in [2.24, 2.45) is 0 Å². The molecular formula is C14H20BrNO2. The number of aryl methyl sites for hydroxylation is 1. The van der Waals surface area contributed by atoms with E-state index in [1.54, 1.807) is 0 Å². The fraction of sp³-hybridized carbons (Fsp3) is 0.500. The quantitative estimate of drug-likeness (QED) is 0.847. The minimum Gasteiger partial charge on any atom is -0.468 e. The first kappa shape index (κ1) is 15.2. The number of halogens is 1. The molecule has 0 bridgehead atoms. The van der Waals surface area contributed by atoms with Gasteiger partial charge in [-0.2, -0.15) is 0 Å². The van der Waals surface area contributed by atoms with Crippen molar-refractivity contribution in [2.75, 3.05) is 7.11 Å². The Kier molecular flexibility index (Phi) is 5.82. The van der Waals surface area contributed by atoms with Gasteiger partial charge >= 0.3 is 5.97 Å². The zero-order chi connectivity index (χ0) is 13.7. The topological polar surface area (TPSA) is 38.3 Å². The van der Waals surface area contributed by atoms with Gasteiger partial charge in [0.2, 0.25) is 0 Å². The molecule has 0 aliphatic rings. The molecule has 0 aliphatic carbocycles. The Bertz CT molecular complexity index is 420. The van der Waals surface area contributed by atoms with E-state index in [-0.39, 0.29) is 12.0 Å². The average Bonchev–Trinajstić information content (AvgIpc) is 2.38. The fourth-order valence-electron chi connectivity index (χ4n) is 1.61. The molecule has 0 saturated heterocycles. The van der Waals surface area contributed by atoms with Gasteiger partial charge in [-0.05, 0) is 37.5 Å². The summed E-state index contributed by atoms with van der Waals surface area (Å²) in [6.07, 6.45) is 0.959. The molecule has 1 aromatic rings. The first-order valence-corrected chi connectivity index (χ1v) is 6.88. The maximum Gasteiger partial charge on any atom is 0.327 e. The molecule has 1 N–H and O–H groups in total. The molecule has 18 heavy (non-hydrogen) atoms. The van der Waals surface area contributed by atoms with Gasteiger partial charge in [0.25, 0.3) is 0 Å². The third-order valence-corrected chi connectivity index (χ3v) is 3.88. The number of nitrogens with one attached hydrogen (secondary N) is 1. The van der Waals surface area contributed by atoms with Gasteiger partial charge in [-0.15, -0.1) is 0 Å². The standard InChI is InChI=1S/C14H20BrNO2/c1-5-10(3)16-13(14(17)18-4)11-7-6-9(2)12(15)8-11/h6-8,10,13,16H,5H2,1-4H3. The van der Waals surface area contributed by atoms with Crippen LogP contribution in [0.25, 0.3) is 0 Å². The molecule has 0 heterocycles. The van der Waals surface area contributed by atoms with E-state index in [4.69, 9.17) is 4.74 Å². The SMILES string of the molecule is CCC(C)NC(C(=O)OC)c1ccc(C)c(Br)c1. The molecule has 1 aromatic carbocycles. The van der Waals surface area contributed by atoms with Crippen LogP contribution in [-0.2, 0) is 9.53 Å². The molecule has 0 amide bonds. The maximum atomic E-state index is 11.9. The molecule has 2 unspecified atom stereocenters. The summed E-state index contributed by atoms with van der Waals surface area (Å²) in [5.74, 6) is -0.258. The summed E-state index contributed by atoms with van der Waals surface area (Å²) in [6, 6.07) is 5.76. The lowest BCUT2D eigenvalue weighted by Gasteiger charge is -2.21. The highest BCUT2D eigenvalue weighted by molar-refractivity contribution is 9.10. The maximum absolute atomic E-state index is 11.9. The van der Waals surface area contributed by atoms with Crippen molar-refractivity contribution in [3.8, 4) is 0 Å². The molecule has 0 aromatic heterocycles. The largest absolute Gasteiger partial charge is 0.468 e. The molecule has 2 atom stereocenters. The number of rotatable bonds is 5. The summed E-state index contributed by atoms with van der Waals surface area (Å²) in [5.41, 5.74) is 2.06. The second-order valence-electron chi connectivity index (χ2n) is 4.44. The van der Waals surface area contributed by atoms with Crippen molar-refractivity contribution in [1.82, 2.24) is 5.32 Å². The summed E-state index contributed by atoms with van der Waals surface area (Å²) in [7, 11) is 1.41. The number of carbonyl (C=O) groups is 1. The van der Waals surface area contributed by atoms with E-state index in [2.05, 4.69) is 35.1 Å². The molecular weight excluding hydrogens is 294 g/mol.